The summed E-state index contributed by atoms with van der Waals surface area (Å²) in [5.74, 6) is -2.16. The first kappa shape index (κ1) is 16.2. The van der Waals surface area contributed by atoms with Gasteiger partial charge in [0, 0.05) is 5.02 Å². The molecule has 0 bridgehead atoms. The monoisotopic (exact) mass is 344 g/mol. The molecule has 0 saturated heterocycles. The van der Waals surface area contributed by atoms with Crippen LogP contribution in [0.1, 0.15) is 0 Å². The number of aromatic nitrogens is 1. The van der Waals surface area contributed by atoms with E-state index >= 15 is 0 Å². The summed E-state index contributed by atoms with van der Waals surface area (Å²) >= 11 is 5.71. The van der Waals surface area contributed by atoms with Gasteiger partial charge < -0.3 is 5.11 Å². The van der Waals surface area contributed by atoms with Crippen molar-refractivity contribution in [1.82, 2.24) is 4.98 Å². The van der Waals surface area contributed by atoms with Crippen LogP contribution in [0.25, 0.3) is 0 Å². The van der Waals surface area contributed by atoms with Gasteiger partial charge >= 0.3 is 5.97 Å². The number of hydrogen-bond donors (Lipinski definition) is 1. The van der Waals surface area contributed by atoms with Crippen LogP contribution in [-0.4, -0.2) is 31.0 Å². The largest absolute Gasteiger partial charge is 0.480 e. The fourth-order valence-electron chi connectivity index (χ4n) is 1.69. The molecule has 0 aliphatic heterocycles. The van der Waals surface area contributed by atoms with Crippen molar-refractivity contribution in [3.8, 4) is 0 Å². The van der Waals surface area contributed by atoms with Crippen molar-refractivity contribution >= 4 is 33.3 Å². The number of carboxylic acid groups (broad SMARTS) is 1. The van der Waals surface area contributed by atoms with Crippen LogP contribution in [0, 0.1) is 5.95 Å². The van der Waals surface area contributed by atoms with Crippen LogP contribution in [0.3, 0.4) is 0 Å². The van der Waals surface area contributed by atoms with Crippen LogP contribution in [0.15, 0.2) is 47.5 Å². The van der Waals surface area contributed by atoms with Crippen molar-refractivity contribution < 1.29 is 22.7 Å². The average molecular weight is 345 g/mol. The zero-order chi connectivity index (χ0) is 16.3. The Morgan fingerprint density at radius 2 is 1.86 bits per heavy atom. The number of halogens is 2. The van der Waals surface area contributed by atoms with Gasteiger partial charge in [-0.05, 0) is 36.4 Å². The fourth-order valence-corrected chi connectivity index (χ4v) is 3.21. The second-order valence-corrected chi connectivity index (χ2v) is 6.50. The van der Waals surface area contributed by atoms with Crippen LogP contribution < -0.4 is 4.31 Å². The van der Waals surface area contributed by atoms with Crippen molar-refractivity contribution in [2.24, 2.45) is 0 Å². The number of benzene rings is 1. The van der Waals surface area contributed by atoms with Gasteiger partial charge in [0.15, 0.2) is 0 Å². The minimum Gasteiger partial charge on any atom is -0.480 e. The maximum Gasteiger partial charge on any atom is 0.324 e. The molecule has 0 amide bonds. The number of rotatable bonds is 5. The number of aliphatic carboxylic acids is 1. The Kier molecular flexibility index (Phi) is 4.62. The van der Waals surface area contributed by atoms with Gasteiger partial charge in [-0.25, -0.2) is 13.4 Å². The van der Waals surface area contributed by atoms with Gasteiger partial charge in [-0.1, -0.05) is 11.6 Å². The molecule has 0 saturated carbocycles. The van der Waals surface area contributed by atoms with Crippen LogP contribution in [-0.2, 0) is 14.8 Å². The van der Waals surface area contributed by atoms with Crippen molar-refractivity contribution in [2.45, 2.75) is 4.90 Å². The Hall–Kier alpha value is -2.19. The van der Waals surface area contributed by atoms with Gasteiger partial charge in [0.1, 0.15) is 6.54 Å². The highest BCUT2D eigenvalue weighted by Gasteiger charge is 2.27. The Morgan fingerprint density at radius 3 is 2.36 bits per heavy atom. The molecule has 6 nitrogen and oxygen atoms in total. The molecule has 2 rings (SSSR count). The maximum absolute atomic E-state index is 12.9. The van der Waals surface area contributed by atoms with Gasteiger partial charge in [0.2, 0.25) is 5.95 Å². The van der Waals surface area contributed by atoms with Crippen molar-refractivity contribution in [2.75, 3.05) is 10.8 Å². The van der Waals surface area contributed by atoms with Crippen LogP contribution in [0.2, 0.25) is 5.02 Å². The molecule has 1 N–H and O–H groups in total. The van der Waals surface area contributed by atoms with Gasteiger partial charge in [-0.15, -0.1) is 0 Å². The molecule has 2 aromatic rings. The summed E-state index contributed by atoms with van der Waals surface area (Å²) < 4.78 is 38.6. The molecule has 9 heteroatoms. The third-order valence-corrected chi connectivity index (χ3v) is 4.72. The highest BCUT2D eigenvalue weighted by molar-refractivity contribution is 7.92. The lowest BCUT2D eigenvalue weighted by molar-refractivity contribution is -0.135. The normalized spacial score (nSPS) is 11.2. The summed E-state index contributed by atoms with van der Waals surface area (Å²) in [5.41, 5.74) is -0.0567. The molecule has 0 aliphatic rings. The number of nitrogens with zero attached hydrogens (tertiary/aromatic N) is 2. The Labute approximate surface area is 130 Å². The molecular formula is C13H10ClFN2O4S. The summed E-state index contributed by atoms with van der Waals surface area (Å²) in [4.78, 5) is 14.2. The minimum absolute atomic E-state index is 0.0567. The standard InChI is InChI=1S/C13H10ClFN2O4S/c14-9-1-4-11(5-2-9)22(20,21)17(8-13(18)19)10-3-6-12(15)16-7-10/h1-7H,8H2,(H,18,19). The lowest BCUT2D eigenvalue weighted by Crippen LogP contribution is -2.35. The zero-order valence-electron chi connectivity index (χ0n) is 11.0. The maximum atomic E-state index is 12.9. The molecule has 0 spiro atoms. The number of hydrogen-bond acceptors (Lipinski definition) is 4. The zero-order valence-corrected chi connectivity index (χ0v) is 12.6. The quantitative estimate of drug-likeness (QED) is 0.840. The van der Waals surface area contributed by atoms with Crippen molar-refractivity contribution in [3.05, 3.63) is 53.6 Å². The first-order valence-corrected chi connectivity index (χ1v) is 7.74. The molecule has 22 heavy (non-hydrogen) atoms. The minimum atomic E-state index is -4.15. The van der Waals surface area contributed by atoms with Gasteiger partial charge in [0.25, 0.3) is 10.0 Å². The Bertz CT molecular complexity index is 779. The number of carboxylic acids is 1. The second-order valence-electron chi connectivity index (χ2n) is 4.20. The fraction of sp³-hybridized carbons (Fsp3) is 0.0769. The number of pyridine rings is 1. The Balaban J connectivity index is 2.50. The Morgan fingerprint density at radius 1 is 1.23 bits per heavy atom. The summed E-state index contributed by atoms with van der Waals surface area (Å²) in [7, 11) is -4.15. The number of carbonyl (C=O) groups is 1. The van der Waals surface area contributed by atoms with E-state index in [0.29, 0.717) is 9.33 Å². The molecule has 0 unspecified atom stereocenters. The first-order valence-electron chi connectivity index (χ1n) is 5.92. The summed E-state index contributed by atoms with van der Waals surface area (Å²) in [5, 5.41) is 9.27. The highest BCUT2D eigenvalue weighted by atomic mass is 35.5. The predicted octanol–water partition coefficient (Wildman–Crippen LogP) is 2.15. The van der Waals surface area contributed by atoms with E-state index in [-0.39, 0.29) is 10.6 Å². The molecule has 1 aromatic heterocycles. The number of sulfonamides is 1. The molecule has 1 aromatic carbocycles. The summed E-state index contributed by atoms with van der Waals surface area (Å²) in [6, 6.07) is 7.33. The van der Waals surface area contributed by atoms with E-state index in [1.54, 1.807) is 0 Å². The van der Waals surface area contributed by atoms with E-state index < -0.39 is 28.5 Å². The molecule has 116 valence electrons. The lowest BCUT2D eigenvalue weighted by Gasteiger charge is -2.22. The SMILES string of the molecule is O=C(O)CN(c1ccc(F)nc1)S(=O)(=O)c1ccc(Cl)cc1. The summed E-state index contributed by atoms with van der Waals surface area (Å²) in [6.45, 7) is -0.821. The van der Waals surface area contributed by atoms with Crippen LogP contribution >= 0.6 is 11.6 Å². The average Bonchev–Trinajstić information content (AvgIpc) is 2.46. The van der Waals surface area contributed by atoms with Gasteiger partial charge in [-0.2, -0.15) is 4.39 Å². The molecule has 1 heterocycles. The van der Waals surface area contributed by atoms with Crippen molar-refractivity contribution in [3.63, 3.8) is 0 Å². The van der Waals surface area contributed by atoms with E-state index in [2.05, 4.69) is 4.98 Å². The molecule has 0 radical (unpaired) electrons. The van der Waals surface area contributed by atoms with E-state index in [1.165, 1.54) is 24.3 Å². The lowest BCUT2D eigenvalue weighted by atomic mass is 10.4. The molecule has 0 atom stereocenters. The predicted molar refractivity (Wildman–Crippen MR) is 77.8 cm³/mol. The van der Waals surface area contributed by atoms with E-state index in [1.807, 2.05) is 0 Å². The smallest absolute Gasteiger partial charge is 0.324 e. The number of anilines is 1. The van der Waals surface area contributed by atoms with E-state index in [9.17, 15) is 17.6 Å². The molecule has 0 aliphatic carbocycles. The molecule has 0 fully saturated rings. The highest BCUT2D eigenvalue weighted by Crippen LogP contribution is 2.24. The van der Waals surface area contributed by atoms with Gasteiger partial charge in [-0.3, -0.25) is 9.10 Å². The summed E-state index contributed by atoms with van der Waals surface area (Å²) in [6.07, 6.45) is 0.950. The third-order valence-electron chi connectivity index (χ3n) is 2.68. The van der Waals surface area contributed by atoms with Crippen molar-refractivity contribution in [1.29, 1.82) is 0 Å². The van der Waals surface area contributed by atoms with E-state index in [4.69, 9.17) is 16.7 Å². The molecular weight excluding hydrogens is 335 g/mol. The van der Waals surface area contributed by atoms with Crippen LogP contribution in [0.5, 0.6) is 0 Å². The van der Waals surface area contributed by atoms with Crippen LogP contribution in [0.4, 0.5) is 10.1 Å². The second kappa shape index (κ2) is 6.29. The first-order chi connectivity index (χ1) is 10.3. The van der Waals surface area contributed by atoms with Gasteiger partial charge in [0.05, 0.1) is 16.8 Å². The van der Waals surface area contributed by atoms with E-state index in [0.717, 1.165) is 18.3 Å². The topological polar surface area (TPSA) is 87.6 Å². The third kappa shape index (κ3) is 3.52.